The summed E-state index contributed by atoms with van der Waals surface area (Å²) in [5.74, 6) is 1.22. The first-order chi connectivity index (χ1) is 13.6. The minimum Gasteiger partial charge on any atom is -0.495 e. The van der Waals surface area contributed by atoms with Gasteiger partial charge in [0.2, 0.25) is 11.8 Å². The number of rotatable bonds is 4. The second-order valence-electron chi connectivity index (χ2n) is 5.88. The molecule has 0 spiro atoms. The molecule has 0 unspecified atom stereocenters. The Bertz CT molecular complexity index is 1110. The summed E-state index contributed by atoms with van der Waals surface area (Å²) in [6, 6.07) is 12.2. The Kier molecular flexibility index (Phi) is 4.59. The summed E-state index contributed by atoms with van der Waals surface area (Å²) >= 11 is 0. The van der Waals surface area contributed by atoms with Gasteiger partial charge in [-0.2, -0.15) is 0 Å². The number of nitrogens with zero attached hydrogens (tertiary/aromatic N) is 4. The number of benzene rings is 1. The van der Waals surface area contributed by atoms with Crippen LogP contribution in [0.5, 0.6) is 11.6 Å². The molecule has 0 aliphatic carbocycles. The minimum absolute atomic E-state index is 0.180. The van der Waals surface area contributed by atoms with Crippen LogP contribution in [0.4, 0.5) is 10.5 Å². The van der Waals surface area contributed by atoms with Crippen LogP contribution in [-0.2, 0) is 0 Å². The highest BCUT2D eigenvalue weighted by Gasteiger charge is 2.16. The number of hydrogen-bond acceptors (Lipinski definition) is 7. The second kappa shape index (κ2) is 7.36. The van der Waals surface area contributed by atoms with Gasteiger partial charge in [-0.1, -0.05) is 0 Å². The topological polar surface area (TPSA) is 90.6 Å². The Hall–Kier alpha value is -3.94. The maximum absolute atomic E-state index is 12.4. The van der Waals surface area contributed by atoms with Gasteiger partial charge >= 0.3 is 6.09 Å². The predicted octanol–water partition coefficient (Wildman–Crippen LogP) is 3.93. The highest BCUT2D eigenvalue weighted by molar-refractivity contribution is 5.91. The number of ether oxygens (including phenoxy) is 2. The molecule has 0 fully saturated rings. The average Bonchev–Trinajstić information content (AvgIpc) is 3.18. The van der Waals surface area contributed by atoms with Crippen molar-refractivity contribution in [2.24, 2.45) is 0 Å². The lowest BCUT2D eigenvalue weighted by molar-refractivity contribution is 0.207. The number of pyridine rings is 2. The van der Waals surface area contributed by atoms with E-state index in [-0.39, 0.29) is 5.88 Å². The fourth-order valence-corrected chi connectivity index (χ4v) is 2.55. The number of carbonyl (C=O) groups excluding carboxylic acids is 1. The van der Waals surface area contributed by atoms with Crippen molar-refractivity contribution < 1.29 is 18.7 Å². The number of aromatic nitrogens is 3. The molecule has 1 amide bonds. The second-order valence-corrected chi connectivity index (χ2v) is 5.88. The van der Waals surface area contributed by atoms with E-state index >= 15 is 0 Å². The number of hydrogen-bond donors (Lipinski definition) is 0. The SMILES string of the molecule is COc1ccc(OC(=O)N(C)c2ccc3oc(-c4cccnc4)nc3c2)nc1. The van der Waals surface area contributed by atoms with E-state index in [0.29, 0.717) is 28.4 Å². The van der Waals surface area contributed by atoms with Crippen molar-refractivity contribution in [3.8, 4) is 23.1 Å². The van der Waals surface area contributed by atoms with Crippen LogP contribution in [0.25, 0.3) is 22.6 Å². The van der Waals surface area contributed by atoms with Gasteiger partial charge in [0.1, 0.15) is 11.3 Å². The first kappa shape index (κ1) is 17.5. The normalized spacial score (nSPS) is 10.6. The number of amides is 1. The lowest BCUT2D eigenvalue weighted by Gasteiger charge is -2.16. The van der Waals surface area contributed by atoms with Crippen LogP contribution in [0, 0.1) is 0 Å². The summed E-state index contributed by atoms with van der Waals surface area (Å²) in [6.45, 7) is 0. The third-order valence-electron chi connectivity index (χ3n) is 4.08. The molecule has 8 nitrogen and oxygen atoms in total. The van der Waals surface area contributed by atoms with Crippen LogP contribution in [0.3, 0.4) is 0 Å². The molecule has 4 rings (SSSR count). The van der Waals surface area contributed by atoms with E-state index in [9.17, 15) is 4.79 Å². The number of fused-ring (bicyclic) bond motifs is 1. The van der Waals surface area contributed by atoms with Crippen molar-refractivity contribution in [3.05, 3.63) is 61.1 Å². The molecular weight excluding hydrogens is 360 g/mol. The number of oxazole rings is 1. The molecule has 8 heteroatoms. The average molecular weight is 376 g/mol. The van der Waals surface area contributed by atoms with Crippen molar-refractivity contribution >= 4 is 22.9 Å². The van der Waals surface area contributed by atoms with Crippen LogP contribution in [0.1, 0.15) is 0 Å². The van der Waals surface area contributed by atoms with Gasteiger partial charge in [-0.3, -0.25) is 9.88 Å². The van der Waals surface area contributed by atoms with Crippen molar-refractivity contribution in [2.45, 2.75) is 0 Å². The van der Waals surface area contributed by atoms with Gasteiger partial charge in [0.15, 0.2) is 5.58 Å². The Morgan fingerprint density at radius 2 is 2.04 bits per heavy atom. The molecule has 0 saturated heterocycles. The highest BCUT2D eigenvalue weighted by Crippen LogP contribution is 2.27. The maximum Gasteiger partial charge on any atom is 0.420 e. The molecule has 0 saturated carbocycles. The number of carbonyl (C=O) groups is 1. The van der Waals surface area contributed by atoms with E-state index in [2.05, 4.69) is 15.0 Å². The van der Waals surface area contributed by atoms with Gasteiger partial charge in [-0.05, 0) is 36.4 Å². The Morgan fingerprint density at radius 3 is 2.75 bits per heavy atom. The van der Waals surface area contributed by atoms with Crippen LogP contribution < -0.4 is 14.4 Å². The Morgan fingerprint density at radius 1 is 1.14 bits per heavy atom. The largest absolute Gasteiger partial charge is 0.495 e. The molecule has 0 aliphatic heterocycles. The van der Waals surface area contributed by atoms with E-state index in [1.807, 2.05) is 12.1 Å². The van der Waals surface area contributed by atoms with Crippen LogP contribution in [0.2, 0.25) is 0 Å². The molecule has 0 atom stereocenters. The smallest absolute Gasteiger partial charge is 0.420 e. The van der Waals surface area contributed by atoms with Gasteiger partial charge in [0.25, 0.3) is 0 Å². The van der Waals surface area contributed by atoms with Crippen molar-refractivity contribution in [1.82, 2.24) is 15.0 Å². The molecule has 0 N–H and O–H groups in total. The molecule has 3 heterocycles. The standard InChI is InChI=1S/C20H16N4O4/c1-24(20(25)28-18-8-6-15(26-2)12-22-18)14-5-7-17-16(10-14)23-19(27-17)13-4-3-9-21-11-13/h3-12H,1-2H3. The van der Waals surface area contributed by atoms with Crippen LogP contribution in [-0.4, -0.2) is 35.2 Å². The first-order valence-corrected chi connectivity index (χ1v) is 8.40. The Balaban J connectivity index is 1.54. The first-order valence-electron chi connectivity index (χ1n) is 8.40. The summed E-state index contributed by atoms with van der Waals surface area (Å²) in [4.78, 5) is 26.3. The molecule has 3 aromatic heterocycles. The van der Waals surface area contributed by atoms with E-state index < -0.39 is 6.09 Å². The lowest BCUT2D eigenvalue weighted by atomic mass is 10.2. The minimum atomic E-state index is -0.576. The van der Waals surface area contributed by atoms with Crippen LogP contribution >= 0.6 is 0 Å². The summed E-state index contributed by atoms with van der Waals surface area (Å²) in [7, 11) is 3.14. The van der Waals surface area contributed by atoms with Gasteiger partial charge in [0, 0.05) is 31.2 Å². The molecule has 4 aromatic rings. The molecule has 28 heavy (non-hydrogen) atoms. The third kappa shape index (κ3) is 3.48. The zero-order valence-corrected chi connectivity index (χ0v) is 15.2. The fourth-order valence-electron chi connectivity index (χ4n) is 2.55. The fraction of sp³-hybridized carbons (Fsp3) is 0.100. The quantitative estimate of drug-likeness (QED) is 0.533. The summed E-state index contributed by atoms with van der Waals surface area (Å²) in [6.07, 6.45) is 4.26. The van der Waals surface area contributed by atoms with E-state index in [0.717, 1.165) is 5.56 Å². The van der Waals surface area contributed by atoms with Crippen molar-refractivity contribution in [3.63, 3.8) is 0 Å². The summed E-state index contributed by atoms with van der Waals surface area (Å²) in [5, 5.41) is 0. The van der Waals surface area contributed by atoms with E-state index in [4.69, 9.17) is 13.9 Å². The lowest BCUT2D eigenvalue weighted by Crippen LogP contribution is -2.29. The number of methoxy groups -OCH3 is 1. The highest BCUT2D eigenvalue weighted by atomic mass is 16.6. The van der Waals surface area contributed by atoms with Gasteiger partial charge in [-0.15, -0.1) is 0 Å². The monoisotopic (exact) mass is 376 g/mol. The molecule has 0 radical (unpaired) electrons. The third-order valence-corrected chi connectivity index (χ3v) is 4.08. The van der Waals surface area contributed by atoms with E-state index in [1.165, 1.54) is 18.2 Å². The van der Waals surface area contributed by atoms with Crippen molar-refractivity contribution in [2.75, 3.05) is 19.1 Å². The zero-order valence-electron chi connectivity index (χ0n) is 15.2. The van der Waals surface area contributed by atoms with Crippen molar-refractivity contribution in [1.29, 1.82) is 0 Å². The molecule has 0 aliphatic rings. The van der Waals surface area contributed by atoms with E-state index in [1.54, 1.807) is 49.8 Å². The Labute approximate surface area is 160 Å². The zero-order chi connectivity index (χ0) is 19.5. The van der Waals surface area contributed by atoms with Gasteiger partial charge in [0.05, 0.1) is 18.9 Å². The van der Waals surface area contributed by atoms with Gasteiger partial charge < -0.3 is 13.9 Å². The number of anilines is 1. The maximum atomic E-state index is 12.4. The predicted molar refractivity (Wildman–Crippen MR) is 102 cm³/mol. The van der Waals surface area contributed by atoms with Gasteiger partial charge in [-0.25, -0.2) is 14.8 Å². The molecule has 0 bridgehead atoms. The molecule has 140 valence electrons. The summed E-state index contributed by atoms with van der Waals surface area (Å²) < 4.78 is 16.1. The molecular formula is C20H16N4O4. The molecule has 1 aromatic carbocycles. The summed E-state index contributed by atoms with van der Waals surface area (Å²) in [5.41, 5.74) is 2.62. The van der Waals surface area contributed by atoms with Crippen LogP contribution in [0.15, 0.2) is 65.5 Å².